The van der Waals surface area contributed by atoms with Gasteiger partial charge >= 0.3 is 0 Å². The largest absolute Gasteiger partial charge is 0.494 e. The summed E-state index contributed by atoms with van der Waals surface area (Å²) in [6.45, 7) is 0.590. The molecule has 5 heteroatoms. The van der Waals surface area contributed by atoms with Gasteiger partial charge in [-0.25, -0.2) is 0 Å². The van der Waals surface area contributed by atoms with E-state index in [0.29, 0.717) is 18.3 Å². The Morgan fingerprint density at radius 3 is 2.53 bits per heavy atom. The van der Waals surface area contributed by atoms with E-state index >= 15 is 0 Å². The van der Waals surface area contributed by atoms with Crippen LogP contribution in [0.15, 0.2) is 64.3 Å². The summed E-state index contributed by atoms with van der Waals surface area (Å²) >= 11 is 0. The van der Waals surface area contributed by atoms with Crippen molar-refractivity contribution >= 4 is 21.7 Å². The normalized spacial score (nSPS) is 15.9. The van der Waals surface area contributed by atoms with Gasteiger partial charge in [0.1, 0.15) is 5.75 Å². The third kappa shape index (κ3) is 5.39. The molecule has 0 bridgehead atoms. The van der Waals surface area contributed by atoms with Gasteiger partial charge in [-0.1, -0.05) is 31.4 Å². The maximum Gasteiger partial charge on any atom is 0.248 e. The molecule has 4 rings (SSSR count). The number of nitrogens with one attached hydrogen (secondary N) is 1. The van der Waals surface area contributed by atoms with Gasteiger partial charge in [-0.15, -0.1) is 0 Å². The van der Waals surface area contributed by atoms with Crippen LogP contribution in [0.3, 0.4) is 0 Å². The lowest BCUT2D eigenvalue weighted by Gasteiger charge is -2.22. The fourth-order valence-corrected chi connectivity index (χ4v) is 5.33. The van der Waals surface area contributed by atoms with E-state index < -0.39 is 10.8 Å². The molecule has 0 saturated heterocycles. The van der Waals surface area contributed by atoms with Crippen molar-refractivity contribution in [1.82, 2.24) is 4.98 Å². The Kier molecular flexibility index (Phi) is 7.00. The maximum absolute atomic E-state index is 12.6. The number of hydrogen-bond acceptors (Lipinski definition) is 3. The van der Waals surface area contributed by atoms with E-state index in [0.717, 1.165) is 34.4 Å². The summed E-state index contributed by atoms with van der Waals surface area (Å²) in [5, 5.41) is 0.949. The molecule has 158 valence electrons. The Labute approximate surface area is 180 Å². The first kappa shape index (κ1) is 20.9. The predicted molar refractivity (Wildman–Crippen MR) is 123 cm³/mol. The number of hydrogen-bond donors (Lipinski definition) is 1. The second-order valence-corrected chi connectivity index (χ2v) is 9.65. The topological polar surface area (TPSA) is 59.2 Å². The first-order valence-corrected chi connectivity index (χ1v) is 12.3. The summed E-state index contributed by atoms with van der Waals surface area (Å²) in [6.07, 6.45) is 8.32. The van der Waals surface area contributed by atoms with Gasteiger partial charge in [0, 0.05) is 27.6 Å². The molecule has 1 heterocycles. The number of fused-ring (bicyclic) bond motifs is 1. The van der Waals surface area contributed by atoms with Crippen molar-refractivity contribution in [3.05, 3.63) is 70.5 Å². The summed E-state index contributed by atoms with van der Waals surface area (Å²) in [7, 11) is -0.955. The van der Waals surface area contributed by atoms with Crippen LogP contribution in [0.5, 0.6) is 5.75 Å². The molecule has 0 aliphatic heterocycles. The molecule has 30 heavy (non-hydrogen) atoms. The van der Waals surface area contributed by atoms with Gasteiger partial charge in [0.25, 0.3) is 0 Å². The van der Waals surface area contributed by atoms with Crippen molar-refractivity contribution in [3.63, 3.8) is 0 Å². The van der Waals surface area contributed by atoms with Crippen LogP contribution in [0.4, 0.5) is 0 Å². The van der Waals surface area contributed by atoms with Crippen LogP contribution in [-0.2, 0) is 10.8 Å². The van der Waals surface area contributed by atoms with Crippen LogP contribution < -0.4 is 10.3 Å². The molecule has 4 nitrogen and oxygen atoms in total. The summed E-state index contributed by atoms with van der Waals surface area (Å²) < 4.78 is 18.4. The summed E-state index contributed by atoms with van der Waals surface area (Å²) in [5.41, 5.74) is 2.11. The minimum Gasteiger partial charge on any atom is -0.494 e. The number of ether oxygens (including phenoxy) is 1. The van der Waals surface area contributed by atoms with Crippen molar-refractivity contribution in [3.8, 4) is 5.75 Å². The zero-order valence-corrected chi connectivity index (χ0v) is 18.1. The molecule has 1 N–H and O–H groups in total. The first-order valence-electron chi connectivity index (χ1n) is 10.9. The molecule has 1 saturated carbocycles. The van der Waals surface area contributed by atoms with Crippen LogP contribution in [0, 0.1) is 0 Å². The van der Waals surface area contributed by atoms with E-state index in [1.165, 1.54) is 43.7 Å². The maximum atomic E-state index is 12.6. The Morgan fingerprint density at radius 1 is 0.933 bits per heavy atom. The standard InChI is InChI=1S/C25H29NO3S/c27-25-15-10-21-18-22(11-14-24(21)26-25)29-16-4-5-17-30(28)23-12-8-20(9-13-23)19-6-2-1-3-7-19/h8-15,18-19H,1-7,16-17H2,(H,26,27). The van der Waals surface area contributed by atoms with Gasteiger partial charge in [0.15, 0.2) is 0 Å². The van der Waals surface area contributed by atoms with Crippen LogP contribution in [0.1, 0.15) is 56.4 Å². The molecule has 1 atom stereocenters. The molecule has 1 fully saturated rings. The fourth-order valence-electron chi connectivity index (χ4n) is 4.19. The van der Waals surface area contributed by atoms with E-state index in [1.54, 1.807) is 6.07 Å². The fraction of sp³-hybridized carbons (Fsp3) is 0.400. The third-order valence-corrected chi connectivity index (χ3v) is 7.36. The van der Waals surface area contributed by atoms with Gasteiger partial charge in [0.2, 0.25) is 5.56 Å². The lowest BCUT2D eigenvalue weighted by molar-refractivity contribution is 0.310. The van der Waals surface area contributed by atoms with Gasteiger partial charge < -0.3 is 9.72 Å². The van der Waals surface area contributed by atoms with Gasteiger partial charge in [-0.2, -0.15) is 0 Å². The molecular weight excluding hydrogens is 394 g/mol. The van der Waals surface area contributed by atoms with Crippen LogP contribution in [0.2, 0.25) is 0 Å². The predicted octanol–water partition coefficient (Wildman–Crippen LogP) is 5.54. The van der Waals surface area contributed by atoms with Crippen LogP contribution >= 0.6 is 0 Å². The molecule has 0 radical (unpaired) electrons. The molecule has 1 aromatic heterocycles. The monoisotopic (exact) mass is 423 g/mol. The minimum absolute atomic E-state index is 0.104. The number of rotatable bonds is 8. The molecule has 1 unspecified atom stereocenters. The van der Waals surface area contributed by atoms with Crippen molar-refractivity contribution < 1.29 is 8.95 Å². The highest BCUT2D eigenvalue weighted by atomic mass is 32.2. The lowest BCUT2D eigenvalue weighted by Crippen LogP contribution is -2.05. The van der Waals surface area contributed by atoms with Crippen molar-refractivity contribution in [2.75, 3.05) is 12.4 Å². The van der Waals surface area contributed by atoms with Crippen LogP contribution in [0.25, 0.3) is 10.9 Å². The van der Waals surface area contributed by atoms with Crippen molar-refractivity contribution in [1.29, 1.82) is 0 Å². The Bertz CT molecular complexity index is 1050. The molecular formula is C25H29NO3S. The van der Waals surface area contributed by atoms with Crippen molar-refractivity contribution in [2.24, 2.45) is 0 Å². The Morgan fingerprint density at radius 2 is 1.73 bits per heavy atom. The smallest absolute Gasteiger partial charge is 0.248 e. The third-order valence-electron chi connectivity index (χ3n) is 5.91. The number of pyridine rings is 1. The SMILES string of the molecule is O=c1ccc2cc(OCCCCS(=O)c3ccc(C4CCCCC4)cc3)ccc2[nH]1. The highest BCUT2D eigenvalue weighted by Crippen LogP contribution is 2.32. The van der Waals surface area contributed by atoms with Crippen molar-refractivity contribution in [2.45, 2.75) is 55.8 Å². The Balaban J connectivity index is 1.21. The summed E-state index contributed by atoms with van der Waals surface area (Å²) in [5.74, 6) is 2.13. The van der Waals surface area contributed by atoms with E-state index in [4.69, 9.17) is 4.74 Å². The lowest BCUT2D eigenvalue weighted by atomic mass is 9.84. The number of H-pyrrole nitrogens is 1. The Hall–Kier alpha value is -2.40. The molecule has 1 aliphatic carbocycles. The van der Waals surface area contributed by atoms with Crippen LogP contribution in [-0.4, -0.2) is 21.6 Å². The minimum atomic E-state index is -0.955. The second-order valence-electron chi connectivity index (χ2n) is 8.08. The number of benzene rings is 2. The van der Waals surface area contributed by atoms with E-state index in [9.17, 15) is 9.00 Å². The number of aromatic amines is 1. The first-order chi connectivity index (χ1) is 14.7. The average molecular weight is 424 g/mol. The number of aromatic nitrogens is 1. The average Bonchev–Trinajstić information content (AvgIpc) is 2.79. The quantitative estimate of drug-likeness (QED) is 0.484. The molecule has 3 aromatic rings. The van der Waals surface area contributed by atoms with E-state index in [1.807, 2.05) is 18.2 Å². The van der Waals surface area contributed by atoms with Gasteiger partial charge in [0.05, 0.1) is 17.4 Å². The highest BCUT2D eigenvalue weighted by molar-refractivity contribution is 7.85. The number of unbranched alkanes of at least 4 members (excludes halogenated alkanes) is 1. The van der Waals surface area contributed by atoms with E-state index in [2.05, 4.69) is 29.2 Å². The highest BCUT2D eigenvalue weighted by Gasteiger charge is 2.15. The van der Waals surface area contributed by atoms with Gasteiger partial charge in [-0.05, 0) is 73.6 Å². The second kappa shape index (κ2) is 10.1. The molecule has 0 spiro atoms. The zero-order chi connectivity index (χ0) is 20.8. The van der Waals surface area contributed by atoms with Gasteiger partial charge in [-0.3, -0.25) is 9.00 Å². The molecule has 2 aromatic carbocycles. The summed E-state index contributed by atoms with van der Waals surface area (Å²) in [4.78, 5) is 15.1. The molecule has 0 amide bonds. The zero-order valence-electron chi connectivity index (χ0n) is 17.3. The molecule has 1 aliphatic rings. The summed E-state index contributed by atoms with van der Waals surface area (Å²) in [6, 6.07) is 17.4. The van der Waals surface area contributed by atoms with E-state index in [-0.39, 0.29) is 5.56 Å².